The number of ether oxygens (including phenoxy) is 1. The molecule has 0 spiro atoms. The first-order valence-electron chi connectivity index (χ1n) is 9.23. The third-order valence-electron chi connectivity index (χ3n) is 4.96. The molecule has 0 amide bonds. The Bertz CT molecular complexity index is 569. The normalized spacial score (nSPS) is 17.8. The molecule has 1 saturated carbocycles. The first kappa shape index (κ1) is 19.7. The van der Waals surface area contributed by atoms with E-state index in [1.807, 2.05) is 18.5 Å². The Morgan fingerprint density at radius 1 is 1.32 bits per heavy atom. The quantitative estimate of drug-likeness (QED) is 0.607. The maximum Gasteiger partial charge on any atom is 0.192 e. The molecule has 1 unspecified atom stereocenters. The lowest BCUT2D eigenvalue weighted by Crippen LogP contribution is -2.47. The molecule has 0 saturated heterocycles. The molecule has 1 aromatic heterocycles. The molecule has 1 fully saturated rings. The van der Waals surface area contributed by atoms with E-state index in [1.54, 1.807) is 7.11 Å². The van der Waals surface area contributed by atoms with Crippen molar-refractivity contribution < 1.29 is 4.74 Å². The first-order chi connectivity index (χ1) is 11.8. The van der Waals surface area contributed by atoms with Gasteiger partial charge in [0.2, 0.25) is 0 Å². The van der Waals surface area contributed by atoms with Crippen molar-refractivity contribution in [3.63, 3.8) is 0 Å². The van der Waals surface area contributed by atoms with Crippen LogP contribution in [0.3, 0.4) is 0 Å². The summed E-state index contributed by atoms with van der Waals surface area (Å²) < 4.78 is 7.62. The van der Waals surface area contributed by atoms with Gasteiger partial charge in [0.05, 0.1) is 6.10 Å². The Labute approximate surface area is 151 Å². The number of aliphatic imine (C=N–C) groups is 1. The molecule has 0 aromatic carbocycles. The molecule has 1 aliphatic carbocycles. The van der Waals surface area contributed by atoms with Crippen molar-refractivity contribution >= 4 is 5.96 Å². The molecule has 0 aliphatic heterocycles. The summed E-state index contributed by atoms with van der Waals surface area (Å²) in [7, 11) is 3.74. The van der Waals surface area contributed by atoms with Gasteiger partial charge in [0.25, 0.3) is 0 Å². The van der Waals surface area contributed by atoms with Crippen molar-refractivity contribution in [3.05, 3.63) is 11.6 Å². The first-order valence-corrected chi connectivity index (χ1v) is 9.23. The maximum absolute atomic E-state index is 5.65. The van der Waals surface area contributed by atoms with Gasteiger partial charge in [0, 0.05) is 26.7 Å². The lowest BCUT2D eigenvalue weighted by Gasteiger charge is -2.30. The van der Waals surface area contributed by atoms with Crippen LogP contribution in [0.4, 0.5) is 0 Å². The van der Waals surface area contributed by atoms with Gasteiger partial charge < -0.3 is 19.9 Å². The minimum atomic E-state index is 0.0704. The molecule has 0 radical (unpaired) electrons. The summed E-state index contributed by atoms with van der Waals surface area (Å²) >= 11 is 0. The summed E-state index contributed by atoms with van der Waals surface area (Å²) in [5, 5.41) is 15.3. The van der Waals surface area contributed by atoms with Gasteiger partial charge >= 0.3 is 0 Å². The molecule has 1 atom stereocenters. The third-order valence-corrected chi connectivity index (χ3v) is 4.96. The zero-order valence-electron chi connectivity index (χ0n) is 16.6. The second kappa shape index (κ2) is 8.65. The van der Waals surface area contributed by atoms with Crippen molar-refractivity contribution in [2.45, 2.75) is 72.1 Å². The minimum absolute atomic E-state index is 0.0704. The maximum atomic E-state index is 5.65. The number of guanidine groups is 1. The highest BCUT2D eigenvalue weighted by atomic mass is 16.5. The van der Waals surface area contributed by atoms with Crippen LogP contribution in [0.2, 0.25) is 0 Å². The number of aryl methyl sites for hydroxylation is 1. The number of nitrogens with one attached hydrogen (secondary N) is 2. The van der Waals surface area contributed by atoms with E-state index in [0.717, 1.165) is 24.2 Å². The van der Waals surface area contributed by atoms with Crippen LogP contribution >= 0.6 is 0 Å². The van der Waals surface area contributed by atoms with Crippen molar-refractivity contribution in [1.82, 2.24) is 25.4 Å². The van der Waals surface area contributed by atoms with Crippen LogP contribution in [0.5, 0.6) is 0 Å². The molecule has 2 N–H and O–H groups in total. The highest BCUT2D eigenvalue weighted by Gasteiger charge is 2.25. The number of rotatable bonds is 6. The minimum Gasteiger partial charge on any atom is -0.379 e. The van der Waals surface area contributed by atoms with Crippen LogP contribution in [-0.4, -0.2) is 46.5 Å². The SMILES string of the molecule is COC(CNC(=NCc1nnc(C)n1C)NC1CCCC1)C(C)(C)C. The van der Waals surface area contributed by atoms with Gasteiger partial charge in [-0.25, -0.2) is 4.99 Å². The van der Waals surface area contributed by atoms with Crippen molar-refractivity contribution in [2.75, 3.05) is 13.7 Å². The molecule has 7 heteroatoms. The molecule has 1 heterocycles. The number of hydrogen-bond acceptors (Lipinski definition) is 4. The zero-order valence-corrected chi connectivity index (χ0v) is 16.6. The monoisotopic (exact) mass is 350 g/mol. The second-order valence-electron chi connectivity index (χ2n) is 7.98. The Kier molecular flexibility index (Phi) is 6.81. The summed E-state index contributed by atoms with van der Waals surface area (Å²) in [6.07, 6.45) is 5.10. The van der Waals surface area contributed by atoms with Crippen molar-refractivity contribution in [1.29, 1.82) is 0 Å². The zero-order chi connectivity index (χ0) is 18.4. The molecule has 2 rings (SSSR count). The average Bonchev–Trinajstić information content (AvgIpc) is 3.16. The highest BCUT2D eigenvalue weighted by molar-refractivity contribution is 5.80. The topological polar surface area (TPSA) is 76.4 Å². The van der Waals surface area contributed by atoms with E-state index in [2.05, 4.69) is 41.6 Å². The van der Waals surface area contributed by atoms with Gasteiger partial charge in [0.1, 0.15) is 12.4 Å². The standard InChI is InChI=1S/C18H34N6O/c1-13-22-23-16(24(13)5)12-20-17(21-14-9-7-8-10-14)19-11-15(25-6)18(2,3)4/h14-15H,7-12H2,1-6H3,(H2,19,20,21). The number of methoxy groups -OCH3 is 1. The van der Waals surface area contributed by atoms with Crippen LogP contribution in [-0.2, 0) is 18.3 Å². The average molecular weight is 351 g/mol. The van der Waals surface area contributed by atoms with E-state index in [0.29, 0.717) is 12.6 Å². The van der Waals surface area contributed by atoms with Crippen molar-refractivity contribution in [2.24, 2.45) is 17.5 Å². The van der Waals surface area contributed by atoms with Crippen LogP contribution in [0, 0.1) is 12.3 Å². The fraction of sp³-hybridized carbons (Fsp3) is 0.833. The Hall–Kier alpha value is -1.63. The second-order valence-corrected chi connectivity index (χ2v) is 7.98. The highest BCUT2D eigenvalue weighted by Crippen LogP contribution is 2.21. The fourth-order valence-corrected chi connectivity index (χ4v) is 3.09. The summed E-state index contributed by atoms with van der Waals surface area (Å²) in [5.74, 6) is 2.60. The Morgan fingerprint density at radius 2 is 2.00 bits per heavy atom. The molecule has 1 aromatic rings. The summed E-state index contributed by atoms with van der Waals surface area (Å²) in [6.45, 7) is 9.73. The lowest BCUT2D eigenvalue weighted by atomic mass is 9.89. The molecule has 0 bridgehead atoms. The summed E-state index contributed by atoms with van der Waals surface area (Å²) in [5.41, 5.74) is 0.0704. The summed E-state index contributed by atoms with van der Waals surface area (Å²) in [4.78, 5) is 4.74. The van der Waals surface area contributed by atoms with Crippen LogP contribution < -0.4 is 10.6 Å². The molecule has 142 valence electrons. The van der Waals surface area contributed by atoms with Crippen LogP contribution in [0.15, 0.2) is 4.99 Å². The summed E-state index contributed by atoms with van der Waals surface area (Å²) in [6, 6.07) is 0.503. The van der Waals surface area contributed by atoms with E-state index in [1.165, 1.54) is 25.7 Å². The largest absolute Gasteiger partial charge is 0.379 e. The molecule has 25 heavy (non-hydrogen) atoms. The van der Waals surface area contributed by atoms with Gasteiger partial charge in [0.15, 0.2) is 11.8 Å². The van der Waals surface area contributed by atoms with Crippen LogP contribution in [0.25, 0.3) is 0 Å². The molecule has 7 nitrogen and oxygen atoms in total. The number of hydrogen-bond donors (Lipinski definition) is 2. The third kappa shape index (κ3) is 5.70. The number of aromatic nitrogens is 3. The molecular formula is C18H34N6O. The smallest absolute Gasteiger partial charge is 0.192 e. The van der Waals surface area contributed by atoms with E-state index in [4.69, 9.17) is 9.73 Å². The Morgan fingerprint density at radius 3 is 2.52 bits per heavy atom. The van der Waals surface area contributed by atoms with Gasteiger partial charge in [-0.2, -0.15) is 0 Å². The Balaban J connectivity index is 2.03. The van der Waals surface area contributed by atoms with Crippen molar-refractivity contribution in [3.8, 4) is 0 Å². The molecule has 1 aliphatic rings. The van der Waals surface area contributed by atoms with Gasteiger partial charge in [-0.05, 0) is 25.2 Å². The van der Waals surface area contributed by atoms with E-state index < -0.39 is 0 Å². The van der Waals surface area contributed by atoms with E-state index in [9.17, 15) is 0 Å². The van der Waals surface area contributed by atoms with Gasteiger partial charge in [-0.3, -0.25) is 0 Å². The predicted molar refractivity (Wildman–Crippen MR) is 101 cm³/mol. The van der Waals surface area contributed by atoms with Gasteiger partial charge in [-0.15, -0.1) is 10.2 Å². The lowest BCUT2D eigenvalue weighted by molar-refractivity contribution is 0.0205. The predicted octanol–water partition coefficient (Wildman–Crippen LogP) is 2.16. The number of nitrogens with zero attached hydrogens (tertiary/aromatic N) is 4. The molecular weight excluding hydrogens is 316 g/mol. The fourth-order valence-electron chi connectivity index (χ4n) is 3.09. The van der Waals surface area contributed by atoms with E-state index in [-0.39, 0.29) is 11.5 Å². The van der Waals surface area contributed by atoms with E-state index >= 15 is 0 Å². The van der Waals surface area contributed by atoms with Gasteiger partial charge in [-0.1, -0.05) is 33.6 Å². The van der Waals surface area contributed by atoms with Crippen LogP contribution in [0.1, 0.15) is 58.1 Å².